The number of aromatic nitrogens is 2. The molecule has 0 bridgehead atoms. The first-order chi connectivity index (χ1) is 8.61. The van der Waals surface area contributed by atoms with E-state index in [2.05, 4.69) is 47.9 Å². The maximum absolute atomic E-state index is 3.99. The van der Waals surface area contributed by atoms with Gasteiger partial charge in [0.05, 0.1) is 0 Å². The van der Waals surface area contributed by atoms with Crippen LogP contribution in [0, 0.1) is 0 Å². The monoisotopic (exact) mass is 284 g/mol. The van der Waals surface area contributed by atoms with Crippen LogP contribution in [0.5, 0.6) is 0 Å². The summed E-state index contributed by atoms with van der Waals surface area (Å²) in [5.74, 6) is 1.27. The molecular weight excluding hydrogens is 260 g/mol. The Bertz CT molecular complexity index is 326. The molecule has 0 aliphatic carbocycles. The first-order valence-electron chi connectivity index (χ1n) is 6.41. The second kappa shape index (κ2) is 10.2. The van der Waals surface area contributed by atoms with Crippen LogP contribution in [0.1, 0.15) is 63.8 Å². The van der Waals surface area contributed by atoms with Crippen LogP contribution >= 0.6 is 23.1 Å². The molecule has 0 spiro atoms. The topological polar surface area (TPSA) is 25.8 Å². The summed E-state index contributed by atoms with van der Waals surface area (Å²) in [6.45, 7) is 12.7. The molecule has 0 saturated heterocycles. The minimum Gasteiger partial charge on any atom is -0.201 e. The maximum Gasteiger partial charge on any atom is 0.0441 e. The second-order valence-corrected chi connectivity index (χ2v) is 5.70. The summed E-state index contributed by atoms with van der Waals surface area (Å²) in [6.07, 6.45) is 3.77. The molecule has 0 amide bonds. The van der Waals surface area contributed by atoms with Crippen molar-refractivity contribution in [1.82, 2.24) is 8.75 Å². The Morgan fingerprint density at radius 2 is 1.67 bits per heavy atom. The van der Waals surface area contributed by atoms with E-state index < -0.39 is 0 Å². The van der Waals surface area contributed by atoms with Crippen LogP contribution in [0.3, 0.4) is 0 Å². The van der Waals surface area contributed by atoms with Crippen molar-refractivity contribution in [3.63, 3.8) is 0 Å². The van der Waals surface area contributed by atoms with E-state index in [9.17, 15) is 0 Å². The van der Waals surface area contributed by atoms with Gasteiger partial charge in [0.25, 0.3) is 0 Å². The van der Waals surface area contributed by atoms with Gasteiger partial charge in [-0.05, 0) is 46.5 Å². The summed E-state index contributed by atoms with van der Waals surface area (Å²) in [5, 5.41) is 2.09. The van der Waals surface area contributed by atoms with E-state index in [4.69, 9.17) is 0 Å². The van der Waals surface area contributed by atoms with Crippen LogP contribution in [0.25, 0.3) is 0 Å². The fourth-order valence-electron chi connectivity index (χ4n) is 1.02. The molecule has 0 atom stereocenters. The van der Waals surface area contributed by atoms with Gasteiger partial charge in [-0.1, -0.05) is 41.5 Å². The predicted octanol–water partition coefficient (Wildman–Crippen LogP) is 5.56. The van der Waals surface area contributed by atoms with Gasteiger partial charge in [0.1, 0.15) is 0 Å². The molecule has 0 aliphatic heterocycles. The SMILES string of the molecule is CC.CC(C)c1ccns1.CC(C)c1cnsc1. The van der Waals surface area contributed by atoms with Gasteiger partial charge in [-0.3, -0.25) is 0 Å². The van der Waals surface area contributed by atoms with Crippen molar-refractivity contribution in [2.75, 3.05) is 0 Å². The van der Waals surface area contributed by atoms with Crippen molar-refractivity contribution in [2.24, 2.45) is 0 Å². The van der Waals surface area contributed by atoms with Crippen LogP contribution in [-0.4, -0.2) is 8.75 Å². The Balaban J connectivity index is 0.000000283. The lowest BCUT2D eigenvalue weighted by atomic mass is 10.1. The zero-order valence-electron chi connectivity index (χ0n) is 12.2. The molecule has 0 fully saturated rings. The zero-order chi connectivity index (χ0) is 14.0. The zero-order valence-corrected chi connectivity index (χ0v) is 13.8. The molecule has 2 aromatic rings. The average molecular weight is 284 g/mol. The molecular formula is C14H24N2S2. The smallest absolute Gasteiger partial charge is 0.0441 e. The van der Waals surface area contributed by atoms with E-state index in [1.807, 2.05) is 26.2 Å². The van der Waals surface area contributed by atoms with Crippen LogP contribution in [-0.2, 0) is 0 Å². The van der Waals surface area contributed by atoms with E-state index >= 15 is 0 Å². The van der Waals surface area contributed by atoms with Crippen molar-refractivity contribution in [2.45, 2.75) is 53.4 Å². The molecule has 2 nitrogen and oxygen atoms in total. The van der Waals surface area contributed by atoms with Gasteiger partial charge in [0, 0.05) is 22.7 Å². The summed E-state index contributed by atoms with van der Waals surface area (Å²) in [6, 6.07) is 2.06. The van der Waals surface area contributed by atoms with Crippen molar-refractivity contribution in [3.8, 4) is 0 Å². The standard InChI is InChI=1S/2C6H9NS.C2H6/c1-5(2)6-3-7-8-4-6;1-5(2)6-3-4-7-8-6;1-2/h2*3-5H,1-2H3;1-2H3. The molecule has 0 unspecified atom stereocenters. The number of hydrogen-bond donors (Lipinski definition) is 0. The molecule has 2 rings (SSSR count). The van der Waals surface area contributed by atoms with E-state index in [-0.39, 0.29) is 0 Å². The third kappa shape index (κ3) is 6.87. The van der Waals surface area contributed by atoms with Gasteiger partial charge in [0.2, 0.25) is 0 Å². The van der Waals surface area contributed by atoms with Crippen molar-refractivity contribution < 1.29 is 0 Å². The molecule has 0 N–H and O–H groups in total. The normalized spacial score (nSPS) is 9.56. The van der Waals surface area contributed by atoms with Gasteiger partial charge in [-0.15, -0.1) is 0 Å². The summed E-state index contributed by atoms with van der Waals surface area (Å²) < 4.78 is 7.97. The Morgan fingerprint density at radius 1 is 1.00 bits per heavy atom. The van der Waals surface area contributed by atoms with E-state index in [0.29, 0.717) is 11.8 Å². The molecule has 18 heavy (non-hydrogen) atoms. The van der Waals surface area contributed by atoms with Crippen molar-refractivity contribution in [1.29, 1.82) is 0 Å². The van der Waals surface area contributed by atoms with Crippen LogP contribution in [0.15, 0.2) is 23.8 Å². The molecule has 4 heteroatoms. The molecule has 102 valence electrons. The fourth-order valence-corrected chi connectivity index (χ4v) is 2.30. The number of nitrogens with zero attached hydrogens (tertiary/aromatic N) is 2. The summed E-state index contributed by atoms with van der Waals surface area (Å²) in [5.41, 5.74) is 1.34. The molecule has 2 aromatic heterocycles. The van der Waals surface area contributed by atoms with Gasteiger partial charge in [0.15, 0.2) is 0 Å². The van der Waals surface area contributed by atoms with Gasteiger partial charge >= 0.3 is 0 Å². The largest absolute Gasteiger partial charge is 0.201 e. The van der Waals surface area contributed by atoms with Crippen LogP contribution < -0.4 is 0 Å². The van der Waals surface area contributed by atoms with Gasteiger partial charge in [-0.2, -0.15) is 0 Å². The highest BCUT2D eigenvalue weighted by Crippen LogP contribution is 2.16. The number of hydrogen-bond acceptors (Lipinski definition) is 4. The molecule has 0 saturated carbocycles. The second-order valence-electron chi connectivity index (χ2n) is 4.18. The lowest BCUT2D eigenvalue weighted by Gasteiger charge is -1.94. The Labute approximate surface area is 119 Å². The Hall–Kier alpha value is -0.740. The quantitative estimate of drug-likeness (QED) is 0.721. The van der Waals surface area contributed by atoms with Gasteiger partial charge < -0.3 is 0 Å². The average Bonchev–Trinajstić information content (AvgIpc) is 3.06. The molecule has 2 heterocycles. The highest BCUT2D eigenvalue weighted by molar-refractivity contribution is 7.05. The lowest BCUT2D eigenvalue weighted by molar-refractivity contribution is 0.869. The lowest BCUT2D eigenvalue weighted by Crippen LogP contribution is -1.79. The molecule has 0 radical (unpaired) electrons. The molecule has 0 aliphatic rings. The van der Waals surface area contributed by atoms with E-state index in [1.54, 1.807) is 11.5 Å². The minimum atomic E-state index is 0.633. The number of rotatable bonds is 2. The summed E-state index contributed by atoms with van der Waals surface area (Å²) in [4.78, 5) is 1.37. The fraction of sp³-hybridized carbons (Fsp3) is 0.571. The predicted molar refractivity (Wildman–Crippen MR) is 83.8 cm³/mol. The maximum atomic E-state index is 3.99. The van der Waals surface area contributed by atoms with Crippen LogP contribution in [0.4, 0.5) is 0 Å². The van der Waals surface area contributed by atoms with Gasteiger partial charge in [-0.25, -0.2) is 8.75 Å². The third-order valence-corrected chi connectivity index (χ3v) is 3.80. The highest BCUT2D eigenvalue weighted by atomic mass is 32.1. The Morgan fingerprint density at radius 3 is 1.89 bits per heavy atom. The highest BCUT2D eigenvalue weighted by Gasteiger charge is 1.97. The first kappa shape index (κ1) is 17.3. The summed E-state index contributed by atoms with van der Waals surface area (Å²) in [7, 11) is 0. The summed E-state index contributed by atoms with van der Waals surface area (Å²) >= 11 is 3.10. The van der Waals surface area contributed by atoms with E-state index in [1.165, 1.54) is 22.0 Å². The third-order valence-electron chi connectivity index (χ3n) is 2.14. The van der Waals surface area contributed by atoms with E-state index in [0.717, 1.165) is 0 Å². The Kier molecular flexibility index (Phi) is 9.79. The van der Waals surface area contributed by atoms with Crippen molar-refractivity contribution in [3.05, 3.63) is 34.3 Å². The van der Waals surface area contributed by atoms with Crippen molar-refractivity contribution >= 4 is 23.1 Å². The molecule has 0 aromatic carbocycles. The first-order valence-corrected chi connectivity index (χ1v) is 8.02. The minimum absolute atomic E-state index is 0.633. The van der Waals surface area contributed by atoms with Crippen LogP contribution in [0.2, 0.25) is 0 Å².